The Kier molecular flexibility index (Phi) is 12.6. The summed E-state index contributed by atoms with van der Waals surface area (Å²) in [5.41, 5.74) is 0.0607. The number of carboxylic acids is 3. The average molecular weight is 540 g/mol. The van der Waals surface area contributed by atoms with E-state index in [1.807, 2.05) is 0 Å². The predicted molar refractivity (Wildman–Crippen MR) is 134 cm³/mol. The molecule has 12 heteroatoms. The third-order valence-electron chi connectivity index (χ3n) is 4.69. The fourth-order valence-electron chi connectivity index (χ4n) is 2.87. The maximum Gasteiger partial charge on any atom is 0.338 e. The van der Waals surface area contributed by atoms with Gasteiger partial charge in [-0.25, -0.2) is 28.8 Å². The van der Waals surface area contributed by atoms with Crippen molar-refractivity contribution in [1.29, 1.82) is 0 Å². The first-order valence-corrected chi connectivity index (χ1v) is 10.7. The van der Waals surface area contributed by atoms with E-state index < -0.39 is 35.8 Å². The third kappa shape index (κ3) is 9.13. The smallest absolute Gasteiger partial charge is 0.338 e. The van der Waals surface area contributed by atoms with E-state index in [1.54, 1.807) is 36.4 Å². The number of rotatable bonds is 6. The number of benzene rings is 3. The Labute approximate surface area is 222 Å². The molecule has 0 aliphatic heterocycles. The molecule has 3 N–H and O–H groups in total. The van der Waals surface area contributed by atoms with Gasteiger partial charge in [0.1, 0.15) is 0 Å². The molecule has 0 atom stereocenters. The Bertz CT molecular complexity index is 1190. The minimum absolute atomic E-state index is 0.0469. The first kappa shape index (κ1) is 31.5. The first-order valence-electron chi connectivity index (χ1n) is 10.7. The van der Waals surface area contributed by atoms with Crippen LogP contribution in [-0.2, 0) is 14.2 Å². The number of methoxy groups -OCH3 is 3. The second-order valence-electron chi connectivity index (χ2n) is 7.03. The average Bonchev–Trinajstić information content (AvgIpc) is 2.96. The number of ether oxygens (including phenoxy) is 3. The van der Waals surface area contributed by atoms with E-state index in [2.05, 4.69) is 14.2 Å². The summed E-state index contributed by atoms with van der Waals surface area (Å²) in [6.07, 6.45) is 0. The van der Waals surface area contributed by atoms with Crippen molar-refractivity contribution in [2.45, 2.75) is 0 Å². The number of carbonyl (C=O) groups is 6. The first-order chi connectivity index (χ1) is 18.5. The zero-order valence-corrected chi connectivity index (χ0v) is 20.9. The Morgan fingerprint density at radius 2 is 0.590 bits per heavy atom. The number of esters is 3. The van der Waals surface area contributed by atoms with Gasteiger partial charge in [-0.3, -0.25) is 0 Å². The minimum atomic E-state index is -1.14. The highest BCUT2D eigenvalue weighted by Gasteiger charge is 2.17. The van der Waals surface area contributed by atoms with Crippen LogP contribution >= 0.6 is 0 Å². The lowest BCUT2D eigenvalue weighted by Crippen LogP contribution is -2.09. The van der Waals surface area contributed by atoms with E-state index in [0.717, 1.165) is 0 Å². The van der Waals surface area contributed by atoms with E-state index in [0.29, 0.717) is 0 Å². The van der Waals surface area contributed by atoms with Crippen molar-refractivity contribution in [2.75, 3.05) is 21.3 Å². The number of hydrogen-bond acceptors (Lipinski definition) is 9. The molecule has 0 amide bonds. The summed E-state index contributed by atoms with van der Waals surface area (Å²) in [7, 11) is 3.63. The Hall–Kier alpha value is -5.52. The Balaban J connectivity index is 0.000000292. The molecule has 3 aromatic carbocycles. The summed E-state index contributed by atoms with van der Waals surface area (Å²) in [6.45, 7) is 0. The van der Waals surface area contributed by atoms with Gasteiger partial charge < -0.3 is 29.5 Å². The molecule has 0 aliphatic rings. The summed E-state index contributed by atoms with van der Waals surface area (Å²) < 4.78 is 13.3. The summed E-state index contributed by atoms with van der Waals surface area (Å²) in [5, 5.41) is 26.1. The van der Waals surface area contributed by atoms with E-state index in [9.17, 15) is 28.8 Å². The van der Waals surface area contributed by atoms with Crippen molar-refractivity contribution >= 4 is 35.8 Å². The van der Waals surface area contributed by atoms with Gasteiger partial charge in [-0.15, -0.1) is 0 Å². The zero-order valence-electron chi connectivity index (χ0n) is 20.9. The predicted octanol–water partition coefficient (Wildman–Crippen LogP) is 3.51. The van der Waals surface area contributed by atoms with Gasteiger partial charge in [0.15, 0.2) is 0 Å². The lowest BCUT2D eigenvalue weighted by atomic mass is 10.1. The molecule has 0 aliphatic carbocycles. The maximum absolute atomic E-state index is 11.1. The van der Waals surface area contributed by atoms with E-state index in [1.165, 1.54) is 57.7 Å². The topological polar surface area (TPSA) is 191 Å². The van der Waals surface area contributed by atoms with Gasteiger partial charge in [-0.2, -0.15) is 0 Å². The highest BCUT2D eigenvalue weighted by molar-refractivity contribution is 6.03. The third-order valence-corrected chi connectivity index (χ3v) is 4.69. The molecule has 3 aromatic rings. The van der Waals surface area contributed by atoms with Crippen LogP contribution in [0.25, 0.3) is 0 Å². The molecule has 39 heavy (non-hydrogen) atoms. The molecule has 0 fully saturated rings. The Morgan fingerprint density at radius 3 is 0.744 bits per heavy atom. The molecule has 3 rings (SSSR count). The molecule has 0 saturated heterocycles. The summed E-state index contributed by atoms with van der Waals surface area (Å²) in [4.78, 5) is 65.1. The highest BCUT2D eigenvalue weighted by atomic mass is 16.5. The van der Waals surface area contributed by atoms with Crippen molar-refractivity contribution in [1.82, 2.24) is 0 Å². The molecule has 0 aromatic heterocycles. The van der Waals surface area contributed by atoms with E-state index in [4.69, 9.17) is 15.3 Å². The van der Waals surface area contributed by atoms with Crippen molar-refractivity contribution < 1.29 is 58.3 Å². The standard InChI is InChI=1S/3C9H8O4/c3*1-13-9(12)7-5-3-2-4-6(7)8(10)11/h3*2-5H,1H3,(H,10,11). The zero-order chi connectivity index (χ0) is 29.5. The van der Waals surface area contributed by atoms with Crippen molar-refractivity contribution in [3.63, 3.8) is 0 Å². The second-order valence-corrected chi connectivity index (χ2v) is 7.03. The van der Waals surface area contributed by atoms with Gasteiger partial charge in [-0.05, 0) is 36.4 Å². The van der Waals surface area contributed by atoms with Crippen molar-refractivity contribution in [3.05, 3.63) is 106 Å². The van der Waals surface area contributed by atoms with Crippen LogP contribution in [0.5, 0.6) is 0 Å². The molecular weight excluding hydrogens is 516 g/mol. The van der Waals surface area contributed by atoms with Crippen LogP contribution in [0, 0.1) is 0 Å². The van der Waals surface area contributed by atoms with Crippen molar-refractivity contribution in [3.8, 4) is 0 Å². The molecule has 12 nitrogen and oxygen atoms in total. The Morgan fingerprint density at radius 1 is 0.410 bits per heavy atom. The summed E-state index contributed by atoms with van der Waals surface area (Å²) >= 11 is 0. The van der Waals surface area contributed by atoms with E-state index >= 15 is 0 Å². The van der Waals surface area contributed by atoms with Gasteiger partial charge in [0.25, 0.3) is 0 Å². The number of hydrogen-bond donors (Lipinski definition) is 3. The van der Waals surface area contributed by atoms with Crippen LogP contribution in [0.2, 0.25) is 0 Å². The van der Waals surface area contributed by atoms with Crippen LogP contribution in [0.1, 0.15) is 62.1 Å². The fraction of sp³-hybridized carbons (Fsp3) is 0.111. The highest BCUT2D eigenvalue weighted by Crippen LogP contribution is 2.11. The van der Waals surface area contributed by atoms with Crippen molar-refractivity contribution in [2.24, 2.45) is 0 Å². The van der Waals surface area contributed by atoms with Crippen LogP contribution in [0.4, 0.5) is 0 Å². The van der Waals surface area contributed by atoms with Crippen LogP contribution in [0.15, 0.2) is 72.8 Å². The molecular formula is C27H24O12. The number of carbonyl (C=O) groups excluding carboxylic acids is 3. The van der Waals surface area contributed by atoms with Crippen LogP contribution in [-0.4, -0.2) is 72.5 Å². The molecule has 0 unspecified atom stereocenters. The summed E-state index contributed by atoms with van der Waals surface area (Å²) in [5.74, 6) is -5.34. The van der Waals surface area contributed by atoms with Crippen LogP contribution in [0.3, 0.4) is 0 Å². The molecule has 0 bridgehead atoms. The molecule has 0 radical (unpaired) electrons. The van der Waals surface area contributed by atoms with Gasteiger partial charge in [0.05, 0.1) is 54.7 Å². The maximum atomic E-state index is 11.1. The lowest BCUT2D eigenvalue weighted by molar-refractivity contribution is 0.0580. The second kappa shape index (κ2) is 15.6. The quantitative estimate of drug-likeness (QED) is 0.305. The lowest BCUT2D eigenvalue weighted by Gasteiger charge is -2.02. The largest absolute Gasteiger partial charge is 0.478 e. The molecule has 0 heterocycles. The van der Waals surface area contributed by atoms with Gasteiger partial charge in [0.2, 0.25) is 0 Å². The minimum Gasteiger partial charge on any atom is -0.478 e. The number of carboxylic acid groups (broad SMARTS) is 3. The summed E-state index contributed by atoms with van der Waals surface area (Å²) in [6, 6.07) is 17.7. The van der Waals surface area contributed by atoms with Gasteiger partial charge in [-0.1, -0.05) is 36.4 Å². The van der Waals surface area contributed by atoms with Gasteiger partial charge in [0, 0.05) is 0 Å². The SMILES string of the molecule is COC(=O)c1ccccc1C(=O)O.COC(=O)c1ccccc1C(=O)O.COC(=O)c1ccccc1C(=O)O. The molecule has 0 spiro atoms. The van der Waals surface area contributed by atoms with E-state index in [-0.39, 0.29) is 33.4 Å². The van der Waals surface area contributed by atoms with Crippen LogP contribution < -0.4 is 0 Å². The molecule has 0 saturated carbocycles. The molecule has 204 valence electrons. The monoisotopic (exact) mass is 540 g/mol. The normalized spacial score (nSPS) is 9.31. The number of aromatic carboxylic acids is 3. The van der Waals surface area contributed by atoms with Gasteiger partial charge >= 0.3 is 35.8 Å². The fourth-order valence-corrected chi connectivity index (χ4v) is 2.87.